The number of hydrogen-bond acceptors (Lipinski definition) is 1. The first-order valence-electron chi connectivity index (χ1n) is 17.3. The normalized spacial score (nSPS) is 12.0. The molecule has 1 heteroatoms. The lowest BCUT2D eigenvalue weighted by atomic mass is 9.83. The Labute approximate surface area is 285 Å². The minimum absolute atomic E-state index is 0.529. The Hall–Kier alpha value is -6.44. The molecule has 0 N–H and O–H groups in total. The Balaban J connectivity index is 1.20. The molecule has 1 aromatic heterocycles. The summed E-state index contributed by atoms with van der Waals surface area (Å²) in [5, 5.41) is 9.33. The first-order valence-corrected chi connectivity index (χ1v) is 16.8. The first-order chi connectivity index (χ1) is 24.7. The van der Waals surface area contributed by atoms with E-state index in [1.165, 1.54) is 54.9 Å². The molecule has 0 radical (unpaired) electrons. The average Bonchev–Trinajstić information content (AvgIpc) is 3.54. The van der Waals surface area contributed by atoms with Crippen LogP contribution in [0.4, 0.5) is 0 Å². The van der Waals surface area contributed by atoms with E-state index in [4.69, 9.17) is 5.79 Å². The van der Waals surface area contributed by atoms with E-state index in [1.807, 2.05) is 24.3 Å². The molecule has 9 aromatic carbocycles. The van der Waals surface area contributed by atoms with Gasteiger partial charge in [0, 0.05) is 10.8 Å². The Morgan fingerprint density at radius 1 is 0.327 bits per heavy atom. The third kappa shape index (κ3) is 4.47. The molecular formula is C48H30O. The molecule has 0 atom stereocenters. The molecule has 0 saturated heterocycles. The van der Waals surface area contributed by atoms with Gasteiger partial charge in [0.1, 0.15) is 11.2 Å². The summed E-state index contributed by atoms with van der Waals surface area (Å²) >= 11 is 0. The molecule has 0 aliphatic rings. The van der Waals surface area contributed by atoms with Gasteiger partial charge in [0.2, 0.25) is 0 Å². The Kier molecular flexibility index (Phi) is 6.02. The van der Waals surface area contributed by atoms with Crippen LogP contribution >= 0.6 is 0 Å². The van der Waals surface area contributed by atoms with Crippen molar-refractivity contribution in [3.05, 3.63) is 182 Å². The number of rotatable bonds is 4. The fourth-order valence-corrected chi connectivity index (χ4v) is 7.72. The molecule has 0 fully saturated rings. The third-order valence-corrected chi connectivity index (χ3v) is 9.99. The molecule has 1 heterocycles. The summed E-state index contributed by atoms with van der Waals surface area (Å²) in [7, 11) is 0. The second-order valence-corrected chi connectivity index (χ2v) is 12.8. The quantitative estimate of drug-likeness (QED) is 0.178. The van der Waals surface area contributed by atoms with Gasteiger partial charge < -0.3 is 4.42 Å². The second kappa shape index (κ2) is 11.1. The lowest BCUT2D eigenvalue weighted by molar-refractivity contribution is 0.669. The molecule has 0 amide bonds. The van der Waals surface area contributed by atoms with E-state index in [0.717, 1.165) is 43.8 Å². The van der Waals surface area contributed by atoms with Gasteiger partial charge in [-0.05, 0) is 107 Å². The van der Waals surface area contributed by atoms with Gasteiger partial charge in [-0.1, -0.05) is 152 Å². The number of fused-ring (bicyclic) bond motifs is 6. The van der Waals surface area contributed by atoms with Crippen molar-refractivity contribution in [3.63, 3.8) is 0 Å². The number of hydrogen-bond donors (Lipinski definition) is 0. The second-order valence-electron chi connectivity index (χ2n) is 12.8. The predicted molar refractivity (Wildman–Crippen MR) is 208 cm³/mol. The van der Waals surface area contributed by atoms with Crippen molar-refractivity contribution in [1.82, 2.24) is 0 Å². The molecular weight excluding hydrogens is 593 g/mol. The lowest BCUT2D eigenvalue weighted by Gasteiger charge is -2.20. The van der Waals surface area contributed by atoms with Crippen molar-refractivity contribution in [3.8, 4) is 44.5 Å². The van der Waals surface area contributed by atoms with Crippen LogP contribution in [0.1, 0.15) is 1.37 Å². The van der Waals surface area contributed by atoms with E-state index in [-0.39, 0.29) is 0 Å². The molecule has 0 saturated carbocycles. The van der Waals surface area contributed by atoms with E-state index in [1.54, 1.807) is 0 Å². The summed E-state index contributed by atoms with van der Waals surface area (Å²) < 4.78 is 14.5. The SMILES string of the molecule is [2H]c1ccc2cc(-c3ccccc3-c3c4ccccc4c(-c4ccc5oc6cc(-c7ccccc7)ccc6c5c4)c4ccccc34)ccc2c1. The summed E-state index contributed by atoms with van der Waals surface area (Å²) in [6, 6.07) is 63.0. The highest BCUT2D eigenvalue weighted by Gasteiger charge is 2.20. The van der Waals surface area contributed by atoms with E-state index in [9.17, 15) is 0 Å². The van der Waals surface area contributed by atoms with Crippen LogP contribution in [0.25, 0.3) is 98.8 Å². The fraction of sp³-hybridized carbons (Fsp3) is 0. The number of benzene rings is 9. The van der Waals surface area contributed by atoms with Gasteiger partial charge in [-0.2, -0.15) is 0 Å². The zero-order valence-electron chi connectivity index (χ0n) is 27.7. The van der Waals surface area contributed by atoms with Crippen molar-refractivity contribution in [1.29, 1.82) is 0 Å². The van der Waals surface area contributed by atoms with E-state index >= 15 is 0 Å². The molecule has 10 aromatic rings. The van der Waals surface area contributed by atoms with Crippen LogP contribution in [0.15, 0.2) is 186 Å². The third-order valence-electron chi connectivity index (χ3n) is 9.99. The van der Waals surface area contributed by atoms with Gasteiger partial charge in [0.05, 0.1) is 1.37 Å². The van der Waals surface area contributed by atoms with Gasteiger partial charge in [-0.3, -0.25) is 0 Å². The van der Waals surface area contributed by atoms with Crippen LogP contribution in [0, 0.1) is 0 Å². The summed E-state index contributed by atoms with van der Waals surface area (Å²) in [4.78, 5) is 0. The monoisotopic (exact) mass is 623 g/mol. The van der Waals surface area contributed by atoms with Gasteiger partial charge in [0.25, 0.3) is 0 Å². The fourth-order valence-electron chi connectivity index (χ4n) is 7.72. The molecule has 0 bridgehead atoms. The van der Waals surface area contributed by atoms with Crippen molar-refractivity contribution < 1.29 is 5.79 Å². The predicted octanol–water partition coefficient (Wildman–Crippen LogP) is 13.7. The maximum atomic E-state index is 8.07. The minimum atomic E-state index is 0.529. The van der Waals surface area contributed by atoms with Gasteiger partial charge >= 0.3 is 0 Å². The molecule has 49 heavy (non-hydrogen) atoms. The van der Waals surface area contributed by atoms with Crippen LogP contribution in [0.5, 0.6) is 0 Å². The standard InChI is InChI=1S/C48H30O/c1-2-12-31(13-3-1)34-24-26-38-44-29-36(25-27-45(44)49-46(38)30-34)47-40-18-8-10-20-42(40)48(43-21-11-9-19-41(43)47)39-17-7-6-16-37(39)35-23-22-32-14-4-5-15-33(32)28-35/h1-30H/i4D. The highest BCUT2D eigenvalue weighted by Crippen LogP contribution is 2.47. The van der Waals surface area contributed by atoms with E-state index in [2.05, 4.69) is 152 Å². The molecule has 0 unspecified atom stereocenters. The number of furan rings is 1. The first kappa shape index (κ1) is 26.6. The maximum Gasteiger partial charge on any atom is 0.136 e. The maximum absolute atomic E-state index is 8.07. The summed E-state index contributed by atoms with van der Waals surface area (Å²) in [6.07, 6.45) is 0. The molecule has 0 aliphatic carbocycles. The highest BCUT2D eigenvalue weighted by molar-refractivity contribution is 6.23. The summed E-state index contributed by atoms with van der Waals surface area (Å²) in [5.74, 6) is 0. The Morgan fingerprint density at radius 3 is 1.76 bits per heavy atom. The van der Waals surface area contributed by atoms with Gasteiger partial charge in [-0.25, -0.2) is 0 Å². The molecule has 228 valence electrons. The highest BCUT2D eigenvalue weighted by atomic mass is 16.3. The van der Waals surface area contributed by atoms with Gasteiger partial charge in [0.15, 0.2) is 0 Å². The van der Waals surface area contributed by atoms with Crippen LogP contribution in [-0.2, 0) is 0 Å². The Morgan fingerprint density at radius 2 is 0.980 bits per heavy atom. The van der Waals surface area contributed by atoms with Crippen LogP contribution in [0.3, 0.4) is 0 Å². The van der Waals surface area contributed by atoms with Crippen molar-refractivity contribution in [2.45, 2.75) is 0 Å². The van der Waals surface area contributed by atoms with Crippen LogP contribution in [-0.4, -0.2) is 0 Å². The minimum Gasteiger partial charge on any atom is -0.456 e. The average molecular weight is 624 g/mol. The summed E-state index contributed by atoms with van der Waals surface area (Å²) in [6.45, 7) is 0. The zero-order valence-corrected chi connectivity index (χ0v) is 26.7. The van der Waals surface area contributed by atoms with Crippen molar-refractivity contribution in [2.75, 3.05) is 0 Å². The van der Waals surface area contributed by atoms with Crippen molar-refractivity contribution in [2.24, 2.45) is 0 Å². The smallest absolute Gasteiger partial charge is 0.136 e. The molecule has 10 rings (SSSR count). The van der Waals surface area contributed by atoms with E-state index < -0.39 is 0 Å². The van der Waals surface area contributed by atoms with Gasteiger partial charge in [-0.15, -0.1) is 0 Å². The molecule has 0 aliphatic heterocycles. The van der Waals surface area contributed by atoms with Crippen LogP contribution < -0.4 is 0 Å². The summed E-state index contributed by atoms with van der Waals surface area (Å²) in [5.41, 5.74) is 11.3. The lowest BCUT2D eigenvalue weighted by Crippen LogP contribution is -1.92. The largest absolute Gasteiger partial charge is 0.456 e. The zero-order chi connectivity index (χ0) is 33.2. The van der Waals surface area contributed by atoms with Crippen LogP contribution in [0.2, 0.25) is 0 Å². The van der Waals surface area contributed by atoms with Crippen molar-refractivity contribution >= 4 is 54.3 Å². The topological polar surface area (TPSA) is 13.1 Å². The Bertz CT molecular complexity index is 2880. The molecule has 0 spiro atoms. The molecule has 1 nitrogen and oxygen atoms in total. The van der Waals surface area contributed by atoms with E-state index in [0.29, 0.717) is 6.04 Å².